The topological polar surface area (TPSA) is 23.8 Å². The zero-order valence-corrected chi connectivity index (χ0v) is 12.1. The molecule has 0 heterocycles. The molecule has 0 radical (unpaired) electrons. The Kier molecular flexibility index (Phi) is 6.40. The van der Waals surface area contributed by atoms with Crippen molar-refractivity contribution >= 4 is 26.0 Å². The van der Waals surface area contributed by atoms with Gasteiger partial charge >= 0.3 is 90.3 Å². The SMILES string of the molecule is CC(C)C[Te](Cl)(CC#N)CC(C)C. The molecule has 0 bridgehead atoms. The van der Waals surface area contributed by atoms with Crippen LogP contribution in [-0.4, -0.2) is 17.1 Å². The van der Waals surface area contributed by atoms with Gasteiger partial charge in [0, 0.05) is 0 Å². The van der Waals surface area contributed by atoms with Crippen LogP contribution < -0.4 is 0 Å². The zero-order chi connectivity index (χ0) is 10.5. The van der Waals surface area contributed by atoms with Gasteiger partial charge in [-0.3, -0.25) is 0 Å². The summed E-state index contributed by atoms with van der Waals surface area (Å²) >= 11 is -2.31. The van der Waals surface area contributed by atoms with E-state index >= 15 is 0 Å². The van der Waals surface area contributed by atoms with Gasteiger partial charge in [0.1, 0.15) is 0 Å². The predicted molar refractivity (Wildman–Crippen MR) is 61.3 cm³/mol. The quantitative estimate of drug-likeness (QED) is 0.703. The van der Waals surface area contributed by atoms with E-state index in [-0.39, 0.29) is 0 Å². The summed E-state index contributed by atoms with van der Waals surface area (Å²) in [4.78, 5) is 0. The Balaban J connectivity index is 4.26. The van der Waals surface area contributed by atoms with E-state index in [1.165, 1.54) is 0 Å². The summed E-state index contributed by atoms with van der Waals surface area (Å²) in [6, 6.07) is 2.27. The van der Waals surface area contributed by atoms with E-state index in [0.29, 0.717) is 16.3 Å². The summed E-state index contributed by atoms with van der Waals surface area (Å²) in [5, 5.41) is 8.74. The van der Waals surface area contributed by atoms with Crippen molar-refractivity contribution < 1.29 is 0 Å². The molecule has 0 amide bonds. The second-order valence-electron chi connectivity index (χ2n) is 4.36. The van der Waals surface area contributed by atoms with Gasteiger partial charge in [0.25, 0.3) is 0 Å². The molecule has 3 heteroatoms. The number of nitrogens with zero attached hydrogens (tertiary/aromatic N) is 1. The van der Waals surface area contributed by atoms with Crippen molar-refractivity contribution in [3.05, 3.63) is 0 Å². The van der Waals surface area contributed by atoms with Crippen molar-refractivity contribution in [2.75, 3.05) is 0 Å². The fourth-order valence-electron chi connectivity index (χ4n) is 1.50. The molecule has 0 saturated heterocycles. The van der Waals surface area contributed by atoms with Crippen LogP contribution in [0, 0.1) is 23.2 Å². The minimum atomic E-state index is -2.31. The maximum absolute atomic E-state index is 8.74. The summed E-state index contributed by atoms with van der Waals surface area (Å²) in [5.41, 5.74) is 0. The molecule has 0 aromatic heterocycles. The van der Waals surface area contributed by atoms with Crippen LogP contribution in [0.1, 0.15) is 27.7 Å². The van der Waals surface area contributed by atoms with E-state index in [0.717, 1.165) is 8.94 Å². The van der Waals surface area contributed by atoms with Gasteiger partial charge in [0.2, 0.25) is 0 Å². The molecule has 13 heavy (non-hydrogen) atoms. The molecule has 0 atom stereocenters. The summed E-state index contributed by atoms with van der Waals surface area (Å²) in [6.45, 7) is 8.78. The Morgan fingerprint density at radius 3 is 1.77 bits per heavy atom. The standard InChI is InChI=1S/C10H20ClNTe/c1-9(2)7-13(11,6-5-12)8-10(3)4/h9-10H,6-8H2,1-4H3. The third kappa shape index (κ3) is 6.62. The third-order valence-corrected chi connectivity index (χ3v) is 13.1. The molecule has 1 nitrogen and oxygen atoms in total. The van der Waals surface area contributed by atoms with Gasteiger partial charge in [-0.05, 0) is 0 Å². The summed E-state index contributed by atoms with van der Waals surface area (Å²) in [7, 11) is 6.60. The molecule has 0 saturated carbocycles. The summed E-state index contributed by atoms with van der Waals surface area (Å²) in [6.07, 6.45) is 0. The first kappa shape index (κ1) is 13.6. The van der Waals surface area contributed by atoms with Crippen LogP contribution in [0.2, 0.25) is 13.4 Å². The number of hydrogen-bond donors (Lipinski definition) is 0. The van der Waals surface area contributed by atoms with Gasteiger partial charge < -0.3 is 0 Å². The van der Waals surface area contributed by atoms with Gasteiger partial charge in [-0.1, -0.05) is 0 Å². The van der Waals surface area contributed by atoms with Crippen LogP contribution in [-0.2, 0) is 0 Å². The first-order valence-corrected chi connectivity index (χ1v) is 12.6. The Morgan fingerprint density at radius 2 is 1.54 bits per heavy atom. The average Bonchev–Trinajstić information content (AvgIpc) is 1.81. The van der Waals surface area contributed by atoms with E-state index in [1.54, 1.807) is 0 Å². The monoisotopic (exact) mass is 319 g/mol. The van der Waals surface area contributed by atoms with Crippen molar-refractivity contribution in [3.63, 3.8) is 0 Å². The number of rotatable bonds is 5. The molecule has 0 spiro atoms. The Labute approximate surface area is 90.0 Å². The molecule has 0 aliphatic carbocycles. The minimum absolute atomic E-state index is 0.644. The molecule has 78 valence electrons. The fourth-order valence-corrected chi connectivity index (χ4v) is 13.7. The number of nitriles is 1. The predicted octanol–water partition coefficient (Wildman–Crippen LogP) is 4.01. The molecule has 0 aliphatic heterocycles. The van der Waals surface area contributed by atoms with Gasteiger partial charge in [-0.15, -0.1) is 0 Å². The molecular formula is C10H20ClNTe. The number of halogens is 1. The molecule has 0 rings (SSSR count). The van der Waals surface area contributed by atoms with Gasteiger partial charge in [0.05, 0.1) is 0 Å². The second kappa shape index (κ2) is 6.13. The van der Waals surface area contributed by atoms with Crippen LogP contribution in [0.4, 0.5) is 0 Å². The molecule has 0 aromatic rings. The zero-order valence-electron chi connectivity index (χ0n) is 9.01. The first-order valence-electron chi connectivity index (χ1n) is 4.72. The Hall–Kier alpha value is 0.570. The van der Waals surface area contributed by atoms with Crippen molar-refractivity contribution in [1.29, 1.82) is 5.26 Å². The molecule has 0 N–H and O–H groups in total. The summed E-state index contributed by atoms with van der Waals surface area (Å²) in [5.74, 6) is 1.29. The maximum atomic E-state index is 8.74. The van der Waals surface area contributed by atoms with E-state index < -0.39 is 17.1 Å². The van der Waals surface area contributed by atoms with E-state index in [2.05, 4.69) is 33.8 Å². The third-order valence-electron chi connectivity index (χ3n) is 1.59. The molecule has 0 aliphatic rings. The van der Waals surface area contributed by atoms with Crippen molar-refractivity contribution in [2.24, 2.45) is 11.8 Å². The van der Waals surface area contributed by atoms with E-state index in [1.807, 2.05) is 0 Å². The van der Waals surface area contributed by atoms with Gasteiger partial charge in [-0.25, -0.2) is 0 Å². The fraction of sp³-hybridized carbons (Fsp3) is 0.900. The molecule has 0 aromatic carbocycles. The van der Waals surface area contributed by atoms with Crippen molar-refractivity contribution in [1.82, 2.24) is 0 Å². The summed E-state index contributed by atoms with van der Waals surface area (Å²) < 4.78 is 2.89. The Bertz CT molecular complexity index is 174. The van der Waals surface area contributed by atoms with Crippen molar-refractivity contribution in [3.8, 4) is 6.07 Å². The van der Waals surface area contributed by atoms with Crippen molar-refractivity contribution in [2.45, 2.75) is 41.1 Å². The average molecular weight is 317 g/mol. The molecule has 0 fully saturated rings. The first-order chi connectivity index (χ1) is 5.89. The second-order valence-corrected chi connectivity index (χ2v) is 16.8. The normalized spacial score (nSPS) is 13.4. The van der Waals surface area contributed by atoms with Crippen LogP contribution in [0.5, 0.6) is 0 Å². The van der Waals surface area contributed by atoms with Crippen LogP contribution in [0.25, 0.3) is 0 Å². The van der Waals surface area contributed by atoms with Gasteiger partial charge in [-0.2, -0.15) is 0 Å². The van der Waals surface area contributed by atoms with Crippen LogP contribution in [0.3, 0.4) is 0 Å². The van der Waals surface area contributed by atoms with E-state index in [9.17, 15) is 0 Å². The molecular weight excluding hydrogens is 297 g/mol. The van der Waals surface area contributed by atoms with E-state index in [4.69, 9.17) is 14.2 Å². The van der Waals surface area contributed by atoms with Crippen LogP contribution >= 0.6 is 8.96 Å². The molecule has 0 unspecified atom stereocenters. The van der Waals surface area contributed by atoms with Gasteiger partial charge in [0.15, 0.2) is 0 Å². The van der Waals surface area contributed by atoms with Crippen LogP contribution in [0.15, 0.2) is 0 Å². The Morgan fingerprint density at radius 1 is 1.15 bits per heavy atom. The number of hydrogen-bond acceptors (Lipinski definition) is 1.